The molecule has 104 valence electrons. The van der Waals surface area contributed by atoms with Crippen molar-refractivity contribution in [3.8, 4) is 0 Å². The largest absolute Gasteiger partial charge is 0.326 e. The third kappa shape index (κ3) is 2.76. The number of rotatable bonds is 3. The molecule has 0 radical (unpaired) electrons. The zero-order valence-corrected chi connectivity index (χ0v) is 12.1. The van der Waals surface area contributed by atoms with Crippen LogP contribution >= 0.6 is 12.4 Å². The van der Waals surface area contributed by atoms with E-state index in [0.717, 1.165) is 32.6 Å². The molecule has 1 aromatic heterocycles. The monoisotopic (exact) mass is 280 g/mol. The number of aromatic nitrogens is 2. The Balaban J connectivity index is 0.00000133. The second-order valence-corrected chi connectivity index (χ2v) is 5.06. The van der Waals surface area contributed by atoms with Crippen molar-refractivity contribution in [3.05, 3.63) is 30.0 Å². The molecule has 2 N–H and O–H groups in total. The minimum atomic E-state index is 0. The van der Waals surface area contributed by atoms with Gasteiger partial charge in [0.15, 0.2) is 0 Å². The molecular weight excluding hydrogens is 260 g/mol. The molecule has 1 aromatic carbocycles. The molecule has 0 aliphatic carbocycles. The number of nitrogens with zero attached hydrogens (tertiary/aromatic N) is 3. The molecule has 0 saturated carbocycles. The van der Waals surface area contributed by atoms with E-state index in [0.29, 0.717) is 6.04 Å². The van der Waals surface area contributed by atoms with Gasteiger partial charge >= 0.3 is 0 Å². The van der Waals surface area contributed by atoms with Crippen LogP contribution in [0, 0.1) is 0 Å². The van der Waals surface area contributed by atoms with Gasteiger partial charge in [0.2, 0.25) is 0 Å². The van der Waals surface area contributed by atoms with Crippen molar-refractivity contribution in [2.75, 3.05) is 13.1 Å². The van der Waals surface area contributed by atoms with E-state index in [-0.39, 0.29) is 12.4 Å². The maximum Gasteiger partial charge on any atom is 0.0843 e. The molecule has 1 aliphatic rings. The van der Waals surface area contributed by atoms with Crippen molar-refractivity contribution in [1.82, 2.24) is 14.7 Å². The van der Waals surface area contributed by atoms with Crippen molar-refractivity contribution < 1.29 is 0 Å². The first-order chi connectivity index (χ1) is 8.78. The van der Waals surface area contributed by atoms with Crippen molar-refractivity contribution in [1.29, 1.82) is 0 Å². The van der Waals surface area contributed by atoms with Crippen LogP contribution in [0.15, 0.2) is 24.3 Å². The molecule has 2 aromatic rings. The minimum Gasteiger partial charge on any atom is -0.326 e. The number of aryl methyl sites for hydroxylation is 1. The molecule has 19 heavy (non-hydrogen) atoms. The average Bonchev–Trinajstić information content (AvgIpc) is 2.95. The fraction of sp³-hybridized carbons (Fsp3) is 0.500. The van der Waals surface area contributed by atoms with Crippen LogP contribution in [-0.2, 0) is 13.1 Å². The topological polar surface area (TPSA) is 47.1 Å². The highest BCUT2D eigenvalue weighted by atomic mass is 35.5. The third-order valence-electron chi connectivity index (χ3n) is 3.72. The number of halogens is 1. The van der Waals surface area contributed by atoms with E-state index in [1.807, 2.05) is 0 Å². The number of likely N-dealkylation sites (tertiary alicyclic amines) is 1. The number of hydrogen-bond acceptors (Lipinski definition) is 3. The van der Waals surface area contributed by atoms with Crippen LogP contribution in [0.2, 0.25) is 0 Å². The number of hydrogen-bond donors (Lipinski definition) is 1. The number of nitrogens with two attached hydrogens (primary N) is 1. The quantitative estimate of drug-likeness (QED) is 0.936. The Morgan fingerprint density at radius 1 is 1.37 bits per heavy atom. The Bertz CT molecular complexity index is 551. The summed E-state index contributed by atoms with van der Waals surface area (Å²) in [7, 11) is 0. The molecule has 0 spiro atoms. The first-order valence-electron chi connectivity index (χ1n) is 6.70. The fourth-order valence-electron chi connectivity index (χ4n) is 2.77. The Morgan fingerprint density at radius 2 is 2.16 bits per heavy atom. The SMILES string of the molecule is CCn1nc(CN2CC[C@H](N)C2)c2ccccc21.Cl. The standard InChI is InChI=1S/C14H20N4.ClH/c1-2-18-14-6-4-3-5-12(14)13(16-18)10-17-8-7-11(15)9-17;/h3-6,11H,2,7-10,15H2,1H3;1H/t11-;/m0./s1. The first-order valence-corrected chi connectivity index (χ1v) is 6.70. The summed E-state index contributed by atoms with van der Waals surface area (Å²) in [6, 6.07) is 8.81. The molecule has 1 aliphatic heterocycles. The van der Waals surface area contributed by atoms with Gasteiger partial charge in [-0.15, -0.1) is 12.4 Å². The van der Waals surface area contributed by atoms with Crippen molar-refractivity contribution >= 4 is 23.3 Å². The Hall–Kier alpha value is -1.10. The van der Waals surface area contributed by atoms with Crippen molar-refractivity contribution in [3.63, 3.8) is 0 Å². The molecule has 5 heteroatoms. The lowest BCUT2D eigenvalue weighted by Gasteiger charge is -2.13. The van der Waals surface area contributed by atoms with Crippen LogP contribution in [0.5, 0.6) is 0 Å². The second kappa shape index (κ2) is 5.90. The van der Waals surface area contributed by atoms with Gasteiger partial charge in [-0.1, -0.05) is 18.2 Å². The average molecular weight is 281 g/mol. The van der Waals surface area contributed by atoms with Crippen molar-refractivity contribution in [2.45, 2.75) is 32.5 Å². The lowest BCUT2D eigenvalue weighted by molar-refractivity contribution is 0.322. The van der Waals surface area contributed by atoms with E-state index in [1.54, 1.807) is 0 Å². The molecule has 0 unspecified atom stereocenters. The van der Waals surface area contributed by atoms with Gasteiger partial charge in [-0.25, -0.2) is 0 Å². The van der Waals surface area contributed by atoms with E-state index in [9.17, 15) is 0 Å². The maximum atomic E-state index is 5.96. The summed E-state index contributed by atoms with van der Waals surface area (Å²) in [6.07, 6.45) is 1.10. The summed E-state index contributed by atoms with van der Waals surface area (Å²) in [5, 5.41) is 6.01. The van der Waals surface area contributed by atoms with E-state index >= 15 is 0 Å². The van der Waals surface area contributed by atoms with E-state index < -0.39 is 0 Å². The Morgan fingerprint density at radius 3 is 2.84 bits per heavy atom. The lowest BCUT2D eigenvalue weighted by atomic mass is 10.2. The lowest BCUT2D eigenvalue weighted by Crippen LogP contribution is -2.26. The van der Waals surface area contributed by atoms with Crippen LogP contribution in [0.3, 0.4) is 0 Å². The number of fused-ring (bicyclic) bond motifs is 1. The summed E-state index contributed by atoms with van der Waals surface area (Å²) in [6.45, 7) is 6.05. The van der Waals surface area contributed by atoms with Gasteiger partial charge in [0.1, 0.15) is 0 Å². The predicted molar refractivity (Wildman–Crippen MR) is 80.5 cm³/mol. The summed E-state index contributed by atoms with van der Waals surface area (Å²) >= 11 is 0. The summed E-state index contributed by atoms with van der Waals surface area (Å²) < 4.78 is 2.08. The maximum absolute atomic E-state index is 5.96. The Labute approximate surface area is 120 Å². The molecule has 1 atom stereocenters. The van der Waals surface area contributed by atoms with Crippen molar-refractivity contribution in [2.24, 2.45) is 5.73 Å². The smallest absolute Gasteiger partial charge is 0.0843 e. The third-order valence-corrected chi connectivity index (χ3v) is 3.72. The van der Waals surface area contributed by atoms with E-state index in [1.165, 1.54) is 16.6 Å². The second-order valence-electron chi connectivity index (χ2n) is 5.06. The van der Waals surface area contributed by atoms with Crippen LogP contribution in [-0.4, -0.2) is 33.8 Å². The van der Waals surface area contributed by atoms with E-state index in [4.69, 9.17) is 10.8 Å². The molecule has 3 rings (SSSR count). The van der Waals surface area contributed by atoms with Crippen LogP contribution in [0.25, 0.3) is 10.9 Å². The highest BCUT2D eigenvalue weighted by Gasteiger charge is 2.21. The first kappa shape index (κ1) is 14.3. The zero-order chi connectivity index (χ0) is 12.5. The number of benzene rings is 1. The molecular formula is C14H21ClN4. The van der Waals surface area contributed by atoms with Gasteiger partial charge in [0, 0.05) is 37.6 Å². The number of para-hydroxylation sites is 1. The molecule has 4 nitrogen and oxygen atoms in total. The van der Waals surface area contributed by atoms with Gasteiger partial charge in [0.25, 0.3) is 0 Å². The molecule has 2 heterocycles. The van der Waals surface area contributed by atoms with Gasteiger partial charge in [-0.05, 0) is 19.4 Å². The van der Waals surface area contributed by atoms with Crippen LogP contribution in [0.4, 0.5) is 0 Å². The van der Waals surface area contributed by atoms with Gasteiger partial charge in [0.05, 0.1) is 11.2 Å². The highest BCUT2D eigenvalue weighted by Crippen LogP contribution is 2.21. The van der Waals surface area contributed by atoms with Gasteiger partial charge in [-0.2, -0.15) is 5.10 Å². The van der Waals surface area contributed by atoms with Gasteiger partial charge < -0.3 is 5.73 Å². The van der Waals surface area contributed by atoms with E-state index in [2.05, 4.69) is 40.8 Å². The summed E-state index contributed by atoms with van der Waals surface area (Å²) in [5.41, 5.74) is 8.37. The van der Waals surface area contributed by atoms with Crippen LogP contribution < -0.4 is 5.73 Å². The molecule has 0 amide bonds. The molecule has 1 fully saturated rings. The fourth-order valence-corrected chi connectivity index (χ4v) is 2.77. The summed E-state index contributed by atoms with van der Waals surface area (Å²) in [4.78, 5) is 2.40. The normalized spacial score (nSPS) is 19.8. The summed E-state index contributed by atoms with van der Waals surface area (Å²) in [5.74, 6) is 0. The molecule has 0 bridgehead atoms. The molecule has 1 saturated heterocycles. The predicted octanol–water partition coefficient (Wildman–Crippen LogP) is 2.01. The minimum absolute atomic E-state index is 0. The van der Waals surface area contributed by atoms with Gasteiger partial charge in [-0.3, -0.25) is 9.58 Å². The highest BCUT2D eigenvalue weighted by molar-refractivity contribution is 5.85. The Kier molecular flexibility index (Phi) is 4.45. The van der Waals surface area contributed by atoms with Crippen LogP contribution in [0.1, 0.15) is 19.0 Å². The zero-order valence-electron chi connectivity index (χ0n) is 11.2.